The maximum atomic E-state index is 11.2. The minimum absolute atomic E-state index is 0.124. The van der Waals surface area contributed by atoms with Crippen molar-refractivity contribution >= 4 is 12.2 Å². The van der Waals surface area contributed by atoms with Crippen LogP contribution in [0.25, 0.3) is 0 Å². The van der Waals surface area contributed by atoms with Gasteiger partial charge in [0.1, 0.15) is 0 Å². The van der Waals surface area contributed by atoms with E-state index < -0.39 is 0 Å². The fourth-order valence-electron chi connectivity index (χ4n) is 1.64. The number of rotatable bonds is 4. The van der Waals surface area contributed by atoms with Crippen LogP contribution in [0.5, 0.6) is 17.2 Å². The zero-order valence-corrected chi connectivity index (χ0v) is 11.4. The number of anilines is 1. The van der Waals surface area contributed by atoms with Crippen LogP contribution in [0.2, 0.25) is 0 Å². The lowest BCUT2D eigenvalue weighted by Crippen LogP contribution is -2.10. The summed E-state index contributed by atoms with van der Waals surface area (Å²) in [6.45, 7) is 1.69. The van der Waals surface area contributed by atoms with Gasteiger partial charge in [-0.15, -0.1) is 0 Å². The van der Waals surface area contributed by atoms with Crippen LogP contribution in [0.4, 0.5) is 5.95 Å². The number of hydrazone groups is 1. The van der Waals surface area contributed by atoms with E-state index in [-0.39, 0.29) is 28.8 Å². The predicted molar refractivity (Wildman–Crippen MR) is 77.1 cm³/mol. The van der Waals surface area contributed by atoms with Gasteiger partial charge in [-0.2, -0.15) is 5.10 Å². The maximum Gasteiger partial charge on any atom is 0.252 e. The van der Waals surface area contributed by atoms with E-state index >= 15 is 0 Å². The lowest BCUT2D eigenvalue weighted by atomic mass is 10.2. The van der Waals surface area contributed by atoms with Gasteiger partial charge in [0.25, 0.3) is 5.56 Å². The standard InChI is InChI=1S/C13H14N4O4/c1-7-3-11(19)16-13(15-7)17-14-6-8-4-9(18)12(20)10(5-8)21-2/h3-6,18,20H,1-2H3,(H2,15,16,17,19)/b14-6+. The number of aromatic hydroxyl groups is 2. The van der Waals surface area contributed by atoms with E-state index in [1.165, 1.54) is 31.5 Å². The van der Waals surface area contributed by atoms with Crippen LogP contribution in [0, 0.1) is 6.92 Å². The topological polar surface area (TPSA) is 120 Å². The van der Waals surface area contributed by atoms with Crippen molar-refractivity contribution < 1.29 is 14.9 Å². The molecule has 8 nitrogen and oxygen atoms in total. The normalized spacial score (nSPS) is 10.8. The molecule has 0 aliphatic heterocycles. The van der Waals surface area contributed by atoms with Crippen molar-refractivity contribution in [2.45, 2.75) is 6.92 Å². The number of H-pyrrole nitrogens is 1. The molecule has 110 valence electrons. The number of phenols is 2. The molecule has 0 spiro atoms. The number of aryl methyl sites for hydroxylation is 1. The van der Waals surface area contributed by atoms with Crippen LogP contribution in [0.15, 0.2) is 28.1 Å². The maximum absolute atomic E-state index is 11.2. The molecule has 0 bridgehead atoms. The summed E-state index contributed by atoms with van der Waals surface area (Å²) in [7, 11) is 1.37. The van der Waals surface area contributed by atoms with Gasteiger partial charge in [-0.25, -0.2) is 10.4 Å². The summed E-state index contributed by atoms with van der Waals surface area (Å²) in [5.41, 5.74) is 3.32. The Bertz CT molecular complexity index is 739. The average Bonchev–Trinajstić information content (AvgIpc) is 2.41. The molecule has 21 heavy (non-hydrogen) atoms. The summed E-state index contributed by atoms with van der Waals surface area (Å²) in [5.74, 6) is -0.338. The molecule has 2 rings (SSSR count). The molecule has 0 radical (unpaired) electrons. The lowest BCUT2D eigenvalue weighted by Gasteiger charge is -2.06. The predicted octanol–water partition coefficient (Wildman–Crippen LogP) is 0.944. The third-order valence-electron chi connectivity index (χ3n) is 2.55. The molecule has 0 amide bonds. The Morgan fingerprint density at radius 2 is 2.14 bits per heavy atom. The first kappa shape index (κ1) is 14.4. The molecular formula is C13H14N4O4. The van der Waals surface area contributed by atoms with Gasteiger partial charge in [-0.3, -0.25) is 9.78 Å². The molecule has 0 atom stereocenters. The van der Waals surface area contributed by atoms with Crippen LogP contribution < -0.4 is 15.7 Å². The van der Waals surface area contributed by atoms with E-state index in [2.05, 4.69) is 20.5 Å². The Morgan fingerprint density at radius 1 is 1.38 bits per heavy atom. The van der Waals surface area contributed by atoms with Crippen molar-refractivity contribution in [2.24, 2.45) is 5.10 Å². The average molecular weight is 290 g/mol. The van der Waals surface area contributed by atoms with Crippen LogP contribution >= 0.6 is 0 Å². The quantitative estimate of drug-likeness (QED) is 0.378. The minimum atomic E-state index is -0.340. The summed E-state index contributed by atoms with van der Waals surface area (Å²) >= 11 is 0. The fraction of sp³-hybridized carbons (Fsp3) is 0.154. The lowest BCUT2D eigenvalue weighted by molar-refractivity contribution is 0.351. The van der Waals surface area contributed by atoms with Crippen molar-refractivity contribution in [3.8, 4) is 17.2 Å². The van der Waals surface area contributed by atoms with Crippen LogP contribution in [-0.4, -0.2) is 33.5 Å². The highest BCUT2D eigenvalue weighted by atomic mass is 16.5. The van der Waals surface area contributed by atoms with Gasteiger partial charge in [-0.1, -0.05) is 0 Å². The van der Waals surface area contributed by atoms with Gasteiger partial charge in [0.15, 0.2) is 11.5 Å². The first-order chi connectivity index (χ1) is 9.99. The molecule has 0 unspecified atom stereocenters. The second-order valence-corrected chi connectivity index (χ2v) is 4.20. The van der Waals surface area contributed by atoms with Crippen molar-refractivity contribution in [1.29, 1.82) is 0 Å². The van der Waals surface area contributed by atoms with Crippen LogP contribution in [-0.2, 0) is 0 Å². The molecule has 0 fully saturated rings. The second-order valence-electron chi connectivity index (χ2n) is 4.20. The molecule has 0 aliphatic rings. The van der Waals surface area contributed by atoms with Crippen molar-refractivity contribution in [3.63, 3.8) is 0 Å². The number of aromatic amines is 1. The minimum Gasteiger partial charge on any atom is -0.504 e. The molecule has 4 N–H and O–H groups in total. The fourth-order valence-corrected chi connectivity index (χ4v) is 1.64. The Hall–Kier alpha value is -3.03. The van der Waals surface area contributed by atoms with Crippen LogP contribution in [0.1, 0.15) is 11.3 Å². The van der Waals surface area contributed by atoms with Crippen LogP contribution in [0.3, 0.4) is 0 Å². The zero-order valence-electron chi connectivity index (χ0n) is 11.4. The number of hydrogen-bond donors (Lipinski definition) is 4. The molecule has 1 aromatic carbocycles. The van der Waals surface area contributed by atoms with E-state index in [1.54, 1.807) is 6.92 Å². The van der Waals surface area contributed by atoms with Crippen molar-refractivity contribution in [2.75, 3.05) is 12.5 Å². The number of aromatic nitrogens is 2. The highest BCUT2D eigenvalue weighted by molar-refractivity contribution is 5.82. The van der Waals surface area contributed by atoms with Gasteiger partial charge < -0.3 is 14.9 Å². The third-order valence-corrected chi connectivity index (χ3v) is 2.55. The zero-order chi connectivity index (χ0) is 15.4. The van der Waals surface area contributed by atoms with Crippen molar-refractivity contribution in [1.82, 2.24) is 9.97 Å². The summed E-state index contributed by atoms with van der Waals surface area (Å²) in [6.07, 6.45) is 1.38. The Labute approximate surface area is 119 Å². The van der Waals surface area contributed by atoms with Gasteiger partial charge in [-0.05, 0) is 19.1 Å². The summed E-state index contributed by atoms with van der Waals surface area (Å²) in [5, 5.41) is 22.9. The van der Waals surface area contributed by atoms with E-state index in [0.29, 0.717) is 11.3 Å². The first-order valence-corrected chi connectivity index (χ1v) is 5.96. The number of phenolic OH excluding ortho intramolecular Hbond substituents is 2. The Balaban J connectivity index is 2.18. The highest BCUT2D eigenvalue weighted by Gasteiger charge is 2.08. The van der Waals surface area contributed by atoms with Gasteiger partial charge in [0.05, 0.1) is 13.3 Å². The largest absolute Gasteiger partial charge is 0.504 e. The van der Waals surface area contributed by atoms with Crippen molar-refractivity contribution in [3.05, 3.63) is 39.8 Å². The third kappa shape index (κ3) is 3.50. The smallest absolute Gasteiger partial charge is 0.252 e. The summed E-state index contributed by atoms with van der Waals surface area (Å²) in [6, 6.07) is 4.17. The first-order valence-electron chi connectivity index (χ1n) is 5.96. The number of methoxy groups -OCH3 is 1. The monoisotopic (exact) mass is 290 g/mol. The molecule has 0 saturated heterocycles. The van der Waals surface area contributed by atoms with Gasteiger partial charge in [0.2, 0.25) is 11.7 Å². The molecule has 0 saturated carbocycles. The van der Waals surface area contributed by atoms with E-state index in [9.17, 15) is 15.0 Å². The van der Waals surface area contributed by atoms with E-state index in [4.69, 9.17) is 4.74 Å². The SMILES string of the molecule is COc1cc(/C=N/Nc2nc(C)cc(=O)[nH]2)cc(O)c1O. The molecule has 1 aromatic heterocycles. The van der Waals surface area contributed by atoms with Gasteiger partial charge >= 0.3 is 0 Å². The highest BCUT2D eigenvalue weighted by Crippen LogP contribution is 2.35. The number of benzene rings is 1. The summed E-state index contributed by atoms with van der Waals surface area (Å²) < 4.78 is 4.91. The molecular weight excluding hydrogens is 276 g/mol. The molecule has 2 aromatic rings. The molecule has 8 heteroatoms. The Morgan fingerprint density at radius 3 is 2.81 bits per heavy atom. The molecule has 0 aliphatic carbocycles. The number of ether oxygens (including phenoxy) is 1. The number of nitrogens with one attached hydrogen (secondary N) is 2. The van der Waals surface area contributed by atoms with Gasteiger partial charge in [0, 0.05) is 17.3 Å². The van der Waals surface area contributed by atoms with E-state index in [1.807, 2.05) is 0 Å². The Kier molecular flexibility index (Phi) is 4.07. The summed E-state index contributed by atoms with van der Waals surface area (Å²) in [4.78, 5) is 17.8. The van der Waals surface area contributed by atoms with E-state index in [0.717, 1.165) is 0 Å². The second kappa shape index (κ2) is 5.95. The number of nitrogens with zero attached hydrogens (tertiary/aromatic N) is 2. The molecule has 1 heterocycles. The number of hydrogen-bond acceptors (Lipinski definition) is 7.